The molecule has 2 aliphatic rings. The van der Waals surface area contributed by atoms with E-state index in [9.17, 15) is 14.4 Å². The maximum atomic E-state index is 13.1. The summed E-state index contributed by atoms with van der Waals surface area (Å²) >= 11 is 0. The third-order valence-corrected chi connectivity index (χ3v) is 5.74. The highest BCUT2D eigenvalue weighted by molar-refractivity contribution is 5.96. The van der Waals surface area contributed by atoms with E-state index in [2.05, 4.69) is 0 Å². The van der Waals surface area contributed by atoms with Gasteiger partial charge in [-0.1, -0.05) is 30.3 Å². The predicted molar refractivity (Wildman–Crippen MR) is 117 cm³/mol. The van der Waals surface area contributed by atoms with E-state index < -0.39 is 11.6 Å². The van der Waals surface area contributed by atoms with Gasteiger partial charge in [0, 0.05) is 38.7 Å². The summed E-state index contributed by atoms with van der Waals surface area (Å²) in [6.07, 6.45) is 1.84. The first-order chi connectivity index (χ1) is 14.7. The number of hydrogen-bond acceptors (Lipinski definition) is 5. The van der Waals surface area contributed by atoms with Gasteiger partial charge in [0.15, 0.2) is 5.60 Å². The predicted octanol–water partition coefficient (Wildman–Crippen LogP) is 2.78. The number of carbonyl (C=O) groups excluding carboxylic acids is 3. The van der Waals surface area contributed by atoms with E-state index in [1.807, 2.05) is 37.3 Å². The zero-order chi connectivity index (χ0) is 22.6. The first-order valence-electron chi connectivity index (χ1n) is 10.6. The largest absolute Gasteiger partial charge is 0.481 e. The number of esters is 1. The second-order valence-corrected chi connectivity index (χ2v) is 8.08. The van der Waals surface area contributed by atoms with Crippen LogP contribution in [0.15, 0.2) is 47.7 Å². The van der Waals surface area contributed by atoms with Crippen molar-refractivity contribution >= 4 is 23.4 Å². The minimum atomic E-state index is -1.12. The molecule has 3 rings (SSSR count). The summed E-state index contributed by atoms with van der Waals surface area (Å²) < 4.78 is 10.9. The van der Waals surface area contributed by atoms with Gasteiger partial charge in [-0.05, 0) is 38.8 Å². The summed E-state index contributed by atoms with van der Waals surface area (Å²) in [6, 6.07) is 9.77. The fourth-order valence-corrected chi connectivity index (χ4v) is 3.98. The Morgan fingerprint density at radius 3 is 2.32 bits per heavy atom. The van der Waals surface area contributed by atoms with Crippen LogP contribution >= 0.6 is 0 Å². The number of nitrogens with zero attached hydrogens (tertiary/aromatic N) is 2. The van der Waals surface area contributed by atoms with Gasteiger partial charge in [-0.2, -0.15) is 0 Å². The van der Waals surface area contributed by atoms with Crippen molar-refractivity contribution in [1.82, 2.24) is 9.80 Å². The standard InChI is InChI=1S/C24H30N2O5/c1-5-30-22(28)20-16-24(4,31-18(20)3)23(29)26-13-11-25(12-14-26)21(27)15-17(2)19-9-7-6-8-10-19/h6-10,15H,5,11-14,16H2,1-4H3. The first-order valence-corrected chi connectivity index (χ1v) is 10.6. The van der Waals surface area contributed by atoms with Crippen LogP contribution in [-0.2, 0) is 23.9 Å². The monoisotopic (exact) mass is 426 g/mol. The number of amides is 2. The van der Waals surface area contributed by atoms with Crippen LogP contribution in [0.5, 0.6) is 0 Å². The van der Waals surface area contributed by atoms with Crippen LogP contribution in [0.1, 0.15) is 39.7 Å². The highest BCUT2D eigenvalue weighted by atomic mass is 16.5. The van der Waals surface area contributed by atoms with Crippen molar-refractivity contribution < 1.29 is 23.9 Å². The Hall–Kier alpha value is -3.09. The number of piperazine rings is 1. The highest BCUT2D eigenvalue weighted by Crippen LogP contribution is 2.36. The molecule has 0 aromatic heterocycles. The Labute approximate surface area is 183 Å². The van der Waals surface area contributed by atoms with Crippen molar-refractivity contribution in [1.29, 1.82) is 0 Å². The molecule has 1 fully saturated rings. The van der Waals surface area contributed by atoms with E-state index in [0.717, 1.165) is 11.1 Å². The lowest BCUT2D eigenvalue weighted by atomic mass is 9.96. The van der Waals surface area contributed by atoms with Gasteiger partial charge in [0.1, 0.15) is 5.76 Å². The lowest BCUT2D eigenvalue weighted by Crippen LogP contribution is -2.55. The molecule has 7 heteroatoms. The molecule has 0 aliphatic carbocycles. The molecule has 0 radical (unpaired) electrons. The molecule has 1 aromatic carbocycles. The average molecular weight is 427 g/mol. The normalized spacial score (nSPS) is 21.7. The van der Waals surface area contributed by atoms with Gasteiger partial charge in [-0.25, -0.2) is 4.79 Å². The van der Waals surface area contributed by atoms with Crippen LogP contribution in [0.2, 0.25) is 0 Å². The number of allylic oxidation sites excluding steroid dienone is 2. The average Bonchev–Trinajstić information content (AvgIpc) is 3.09. The summed E-state index contributed by atoms with van der Waals surface area (Å²) in [5, 5.41) is 0. The summed E-state index contributed by atoms with van der Waals surface area (Å²) in [7, 11) is 0. The van der Waals surface area contributed by atoms with E-state index in [-0.39, 0.29) is 24.8 Å². The second kappa shape index (κ2) is 9.37. The van der Waals surface area contributed by atoms with Gasteiger partial charge in [-0.15, -0.1) is 0 Å². The van der Waals surface area contributed by atoms with Crippen LogP contribution in [0.4, 0.5) is 0 Å². The Morgan fingerprint density at radius 2 is 1.71 bits per heavy atom. The van der Waals surface area contributed by atoms with Gasteiger partial charge in [0.05, 0.1) is 12.2 Å². The number of hydrogen-bond donors (Lipinski definition) is 0. The molecular weight excluding hydrogens is 396 g/mol. The van der Waals surface area contributed by atoms with Gasteiger partial charge < -0.3 is 19.3 Å². The fourth-order valence-electron chi connectivity index (χ4n) is 3.98. The van der Waals surface area contributed by atoms with E-state index in [1.54, 1.807) is 36.6 Å². The lowest BCUT2D eigenvalue weighted by Gasteiger charge is -2.38. The van der Waals surface area contributed by atoms with Crippen LogP contribution < -0.4 is 0 Å². The Bertz CT molecular complexity index is 913. The van der Waals surface area contributed by atoms with Gasteiger partial charge >= 0.3 is 5.97 Å². The summed E-state index contributed by atoms with van der Waals surface area (Å²) in [6.45, 7) is 9.08. The molecule has 166 valence electrons. The SMILES string of the molecule is CCOC(=O)C1=C(C)OC(C)(C(=O)N2CCN(C(=O)C=C(C)c3ccccc3)CC2)C1. The summed E-state index contributed by atoms with van der Waals surface area (Å²) in [4.78, 5) is 41.4. The summed E-state index contributed by atoms with van der Waals surface area (Å²) in [5.74, 6) is -0.231. The lowest BCUT2D eigenvalue weighted by molar-refractivity contribution is -0.152. The number of ether oxygens (including phenoxy) is 2. The quantitative estimate of drug-likeness (QED) is 0.535. The fraction of sp³-hybridized carbons (Fsp3) is 0.458. The van der Waals surface area contributed by atoms with Crippen molar-refractivity contribution in [2.75, 3.05) is 32.8 Å². The van der Waals surface area contributed by atoms with Crippen LogP contribution in [0.25, 0.3) is 5.57 Å². The molecule has 1 saturated heterocycles. The zero-order valence-electron chi connectivity index (χ0n) is 18.6. The molecule has 0 spiro atoms. The molecule has 7 nitrogen and oxygen atoms in total. The van der Waals surface area contributed by atoms with E-state index >= 15 is 0 Å². The second-order valence-electron chi connectivity index (χ2n) is 8.08. The molecule has 2 heterocycles. The van der Waals surface area contributed by atoms with Crippen molar-refractivity contribution in [2.24, 2.45) is 0 Å². The van der Waals surface area contributed by atoms with Crippen molar-refractivity contribution in [3.63, 3.8) is 0 Å². The van der Waals surface area contributed by atoms with Crippen LogP contribution in [0.3, 0.4) is 0 Å². The molecule has 2 aliphatic heterocycles. The van der Waals surface area contributed by atoms with Crippen LogP contribution in [0, 0.1) is 0 Å². The molecule has 1 unspecified atom stereocenters. The molecule has 31 heavy (non-hydrogen) atoms. The smallest absolute Gasteiger partial charge is 0.337 e. The molecule has 2 amide bonds. The van der Waals surface area contributed by atoms with Crippen LogP contribution in [-0.4, -0.2) is 66.0 Å². The Morgan fingerprint density at radius 1 is 1.10 bits per heavy atom. The Balaban J connectivity index is 1.58. The van der Waals surface area contributed by atoms with Crippen molar-refractivity contribution in [2.45, 2.75) is 39.7 Å². The van der Waals surface area contributed by atoms with Crippen molar-refractivity contribution in [3.05, 3.63) is 53.3 Å². The van der Waals surface area contributed by atoms with Gasteiger partial charge in [-0.3, -0.25) is 9.59 Å². The first kappa shape index (κ1) is 22.6. The number of rotatable bonds is 5. The maximum absolute atomic E-state index is 13.1. The highest BCUT2D eigenvalue weighted by Gasteiger charge is 2.47. The minimum Gasteiger partial charge on any atom is -0.481 e. The van der Waals surface area contributed by atoms with Crippen molar-refractivity contribution in [3.8, 4) is 0 Å². The third kappa shape index (κ3) is 4.98. The zero-order valence-corrected chi connectivity index (χ0v) is 18.6. The topological polar surface area (TPSA) is 76.2 Å². The maximum Gasteiger partial charge on any atom is 0.337 e. The minimum absolute atomic E-state index is 0.0566. The van der Waals surface area contributed by atoms with E-state index in [4.69, 9.17) is 9.47 Å². The molecule has 0 bridgehead atoms. The molecule has 1 atom stereocenters. The number of benzene rings is 1. The molecule has 1 aromatic rings. The molecular formula is C24H30N2O5. The Kier molecular flexibility index (Phi) is 6.83. The molecule has 0 saturated carbocycles. The summed E-state index contributed by atoms with van der Waals surface area (Å²) in [5.41, 5.74) is 1.20. The number of carbonyl (C=O) groups is 3. The van der Waals surface area contributed by atoms with E-state index in [0.29, 0.717) is 37.5 Å². The van der Waals surface area contributed by atoms with E-state index in [1.165, 1.54) is 0 Å². The van der Waals surface area contributed by atoms with Gasteiger partial charge in [0.2, 0.25) is 5.91 Å². The molecule has 0 N–H and O–H groups in total. The third-order valence-electron chi connectivity index (χ3n) is 5.74. The van der Waals surface area contributed by atoms with Gasteiger partial charge in [0.25, 0.3) is 5.91 Å².